The van der Waals surface area contributed by atoms with Gasteiger partial charge >= 0.3 is 0 Å². The molecular weight excluding hydrogens is 538 g/mol. The zero-order valence-corrected chi connectivity index (χ0v) is 24.7. The van der Waals surface area contributed by atoms with Gasteiger partial charge in [-0.3, -0.25) is 9.89 Å². The predicted octanol–water partition coefficient (Wildman–Crippen LogP) is 5.83. The van der Waals surface area contributed by atoms with Crippen LogP contribution in [0.5, 0.6) is 0 Å². The lowest BCUT2D eigenvalue weighted by Crippen LogP contribution is -2.44. The van der Waals surface area contributed by atoms with E-state index in [1.54, 1.807) is 7.11 Å². The quantitative estimate of drug-likeness (QED) is 0.232. The number of rotatable bonds is 9. The minimum atomic E-state index is -0.620. The standard InChI is InChI=1S/C32H38F2N6O2/c1-20(22-14-23(33)17-24(34)15-22)21-6-9-28-27(16-21)30(38-37-28)35-31(41)26-8-7-25(40-12-10-39(4)11-13-40)18-29(26)36-32(2,3)19-42-5/h6-9,14-18,20,36H,10-13,19H2,1-5H3,(H2,35,37,38,41). The zero-order valence-electron chi connectivity index (χ0n) is 24.7. The first-order valence-corrected chi connectivity index (χ1v) is 14.1. The molecule has 2 heterocycles. The second-order valence-corrected chi connectivity index (χ2v) is 11.7. The number of anilines is 3. The van der Waals surface area contributed by atoms with E-state index >= 15 is 0 Å². The number of fused-ring (bicyclic) bond motifs is 1. The Labute approximate surface area is 245 Å². The minimum absolute atomic E-state index is 0.279. The molecule has 5 rings (SSSR count). The molecule has 0 aliphatic carbocycles. The molecule has 3 aromatic carbocycles. The summed E-state index contributed by atoms with van der Waals surface area (Å²) >= 11 is 0. The molecule has 1 unspecified atom stereocenters. The summed E-state index contributed by atoms with van der Waals surface area (Å²) in [6, 6.07) is 15.0. The number of hydrogen-bond acceptors (Lipinski definition) is 6. The number of piperazine rings is 1. The maximum absolute atomic E-state index is 13.9. The van der Waals surface area contributed by atoms with E-state index < -0.39 is 17.2 Å². The molecule has 3 N–H and O–H groups in total. The Kier molecular flexibility index (Phi) is 8.47. The largest absolute Gasteiger partial charge is 0.382 e. The topological polar surface area (TPSA) is 85.5 Å². The summed E-state index contributed by atoms with van der Waals surface area (Å²) in [5, 5.41) is 14.5. The van der Waals surface area contributed by atoms with Gasteiger partial charge in [0.15, 0.2) is 5.82 Å². The van der Waals surface area contributed by atoms with Crippen LogP contribution >= 0.6 is 0 Å². The number of likely N-dealkylation sites (N-methyl/N-ethyl adjacent to an activating group) is 1. The number of halogens is 2. The fourth-order valence-corrected chi connectivity index (χ4v) is 5.45. The number of carbonyl (C=O) groups is 1. The van der Waals surface area contributed by atoms with Crippen molar-refractivity contribution in [1.29, 1.82) is 0 Å². The molecule has 0 saturated carbocycles. The van der Waals surface area contributed by atoms with E-state index in [1.807, 2.05) is 57.2 Å². The first-order valence-electron chi connectivity index (χ1n) is 14.1. The lowest BCUT2D eigenvalue weighted by atomic mass is 9.92. The average molecular weight is 577 g/mol. The van der Waals surface area contributed by atoms with Gasteiger partial charge in [-0.05, 0) is 74.5 Å². The van der Waals surface area contributed by atoms with Crippen LogP contribution < -0.4 is 15.5 Å². The normalized spacial score (nSPS) is 15.2. The third-order valence-electron chi connectivity index (χ3n) is 7.80. The van der Waals surface area contributed by atoms with Crippen LogP contribution in [0.4, 0.5) is 26.0 Å². The molecule has 222 valence electrons. The Morgan fingerprint density at radius 2 is 1.74 bits per heavy atom. The number of aromatic nitrogens is 2. The van der Waals surface area contributed by atoms with E-state index in [0.29, 0.717) is 34.6 Å². The van der Waals surface area contributed by atoms with Gasteiger partial charge in [0.1, 0.15) is 11.6 Å². The first-order chi connectivity index (χ1) is 20.0. The summed E-state index contributed by atoms with van der Waals surface area (Å²) in [5.41, 5.74) is 3.90. The molecule has 1 amide bonds. The number of carbonyl (C=O) groups excluding carboxylic acids is 1. The van der Waals surface area contributed by atoms with E-state index in [4.69, 9.17) is 4.74 Å². The predicted molar refractivity (Wildman–Crippen MR) is 164 cm³/mol. The summed E-state index contributed by atoms with van der Waals surface area (Å²) in [4.78, 5) is 18.4. The van der Waals surface area contributed by atoms with Gasteiger partial charge in [-0.25, -0.2) is 8.78 Å². The smallest absolute Gasteiger partial charge is 0.258 e. The molecule has 1 aliphatic rings. The van der Waals surface area contributed by atoms with Crippen molar-refractivity contribution in [2.45, 2.75) is 32.2 Å². The summed E-state index contributed by atoms with van der Waals surface area (Å²) < 4.78 is 33.2. The maximum Gasteiger partial charge on any atom is 0.258 e. The van der Waals surface area contributed by atoms with Crippen LogP contribution in [0.3, 0.4) is 0 Å². The van der Waals surface area contributed by atoms with Crippen molar-refractivity contribution in [1.82, 2.24) is 15.1 Å². The van der Waals surface area contributed by atoms with E-state index in [2.05, 4.69) is 37.7 Å². The summed E-state index contributed by atoms with van der Waals surface area (Å²) in [6.45, 7) is 10.1. The maximum atomic E-state index is 13.9. The van der Waals surface area contributed by atoms with Crippen LogP contribution in [-0.4, -0.2) is 73.5 Å². The van der Waals surface area contributed by atoms with Crippen molar-refractivity contribution in [2.24, 2.45) is 0 Å². The van der Waals surface area contributed by atoms with Crippen LogP contribution in [0, 0.1) is 11.6 Å². The van der Waals surface area contributed by atoms with Gasteiger partial charge in [-0.1, -0.05) is 13.0 Å². The number of ether oxygens (including phenoxy) is 1. The van der Waals surface area contributed by atoms with Gasteiger partial charge in [-0.15, -0.1) is 0 Å². The van der Waals surface area contributed by atoms with Crippen LogP contribution in [-0.2, 0) is 4.74 Å². The first kappa shape index (κ1) is 29.5. The van der Waals surface area contributed by atoms with Crippen molar-refractivity contribution in [2.75, 3.05) is 62.5 Å². The number of amides is 1. The van der Waals surface area contributed by atoms with E-state index in [0.717, 1.165) is 49.0 Å². The molecule has 1 atom stereocenters. The highest BCUT2D eigenvalue weighted by atomic mass is 19.1. The molecule has 1 saturated heterocycles. The molecule has 4 aromatic rings. The number of H-pyrrole nitrogens is 1. The van der Waals surface area contributed by atoms with Crippen molar-refractivity contribution >= 4 is 34.0 Å². The minimum Gasteiger partial charge on any atom is -0.382 e. The van der Waals surface area contributed by atoms with Crippen LogP contribution in [0.2, 0.25) is 0 Å². The summed E-state index contributed by atoms with van der Waals surface area (Å²) in [7, 11) is 3.77. The second kappa shape index (κ2) is 12.1. The van der Waals surface area contributed by atoms with Gasteiger partial charge in [-0.2, -0.15) is 5.10 Å². The monoisotopic (exact) mass is 576 g/mol. The number of methoxy groups -OCH3 is 1. The molecule has 1 aromatic heterocycles. The summed E-state index contributed by atoms with van der Waals surface area (Å²) in [6.07, 6.45) is 0. The molecule has 10 heteroatoms. The van der Waals surface area contributed by atoms with Crippen molar-refractivity contribution in [3.8, 4) is 0 Å². The molecule has 1 fully saturated rings. The number of benzene rings is 3. The Balaban J connectivity index is 1.44. The molecule has 8 nitrogen and oxygen atoms in total. The average Bonchev–Trinajstić information content (AvgIpc) is 3.34. The van der Waals surface area contributed by atoms with E-state index in [9.17, 15) is 13.6 Å². The van der Waals surface area contributed by atoms with Gasteiger partial charge in [0.2, 0.25) is 0 Å². The SMILES string of the molecule is COCC(C)(C)Nc1cc(N2CCN(C)CC2)ccc1C(=O)Nc1n[nH]c2ccc(C(C)c3cc(F)cc(F)c3)cc12. The number of hydrogen-bond donors (Lipinski definition) is 3. The van der Waals surface area contributed by atoms with Crippen molar-refractivity contribution in [3.05, 3.63) is 82.9 Å². The number of aromatic amines is 1. The highest BCUT2D eigenvalue weighted by molar-refractivity contribution is 6.11. The number of nitrogens with zero attached hydrogens (tertiary/aromatic N) is 3. The molecular formula is C32H38F2N6O2. The van der Waals surface area contributed by atoms with Crippen LogP contribution in [0.15, 0.2) is 54.6 Å². The third kappa shape index (κ3) is 6.55. The zero-order chi connectivity index (χ0) is 30.0. The number of nitrogens with one attached hydrogen (secondary N) is 3. The molecule has 1 aliphatic heterocycles. The van der Waals surface area contributed by atoms with Gasteiger partial charge in [0.25, 0.3) is 5.91 Å². The Morgan fingerprint density at radius 3 is 2.43 bits per heavy atom. The molecule has 0 spiro atoms. The lowest BCUT2D eigenvalue weighted by molar-refractivity contribution is 0.102. The molecule has 0 bridgehead atoms. The van der Waals surface area contributed by atoms with Crippen molar-refractivity contribution < 1.29 is 18.3 Å². The highest BCUT2D eigenvalue weighted by Crippen LogP contribution is 2.32. The van der Waals surface area contributed by atoms with Gasteiger partial charge < -0.3 is 25.2 Å². The van der Waals surface area contributed by atoms with Gasteiger partial charge in [0, 0.05) is 62.0 Å². The highest BCUT2D eigenvalue weighted by Gasteiger charge is 2.24. The fraction of sp³-hybridized carbons (Fsp3) is 0.375. The fourth-order valence-electron chi connectivity index (χ4n) is 5.45. The molecule has 0 radical (unpaired) electrons. The lowest BCUT2D eigenvalue weighted by Gasteiger charge is -2.35. The van der Waals surface area contributed by atoms with E-state index in [1.165, 1.54) is 12.1 Å². The Hall–Kier alpha value is -4.02. The Morgan fingerprint density at radius 1 is 1.02 bits per heavy atom. The summed E-state index contributed by atoms with van der Waals surface area (Å²) in [5.74, 6) is -1.45. The Bertz CT molecular complexity index is 1560. The van der Waals surface area contributed by atoms with Gasteiger partial charge in [0.05, 0.1) is 23.2 Å². The van der Waals surface area contributed by atoms with Crippen LogP contribution in [0.1, 0.15) is 48.2 Å². The third-order valence-corrected chi connectivity index (χ3v) is 7.80. The molecule has 42 heavy (non-hydrogen) atoms. The van der Waals surface area contributed by atoms with E-state index in [-0.39, 0.29) is 11.8 Å². The second-order valence-electron chi connectivity index (χ2n) is 11.7. The van der Waals surface area contributed by atoms with Crippen LogP contribution in [0.25, 0.3) is 10.9 Å². The van der Waals surface area contributed by atoms with Crippen molar-refractivity contribution in [3.63, 3.8) is 0 Å².